The molecule has 0 saturated carbocycles. The molecule has 23 heavy (non-hydrogen) atoms. The van der Waals surface area contributed by atoms with Gasteiger partial charge in [0.1, 0.15) is 0 Å². The summed E-state index contributed by atoms with van der Waals surface area (Å²) in [7, 11) is 0. The molecule has 1 fully saturated rings. The summed E-state index contributed by atoms with van der Waals surface area (Å²) in [6, 6.07) is 4.37. The number of amides is 1. The maximum atomic E-state index is 12.0. The molecule has 1 atom stereocenters. The first-order valence-electron chi connectivity index (χ1n) is 7.63. The van der Waals surface area contributed by atoms with E-state index < -0.39 is 0 Å². The third-order valence-electron chi connectivity index (χ3n) is 3.77. The van der Waals surface area contributed by atoms with Gasteiger partial charge in [-0.15, -0.1) is 11.3 Å². The van der Waals surface area contributed by atoms with Gasteiger partial charge in [-0.05, 0) is 17.5 Å². The summed E-state index contributed by atoms with van der Waals surface area (Å²) in [6.07, 6.45) is 6.70. The molecule has 0 aromatic carbocycles. The number of aromatic nitrogens is 2. The Hall–Kier alpha value is -1.96. The Morgan fingerprint density at radius 2 is 2.39 bits per heavy atom. The van der Waals surface area contributed by atoms with Crippen molar-refractivity contribution in [2.75, 3.05) is 32.8 Å². The molecule has 122 valence electrons. The van der Waals surface area contributed by atoms with Crippen molar-refractivity contribution in [3.63, 3.8) is 0 Å². The molecule has 3 rings (SSSR count). The van der Waals surface area contributed by atoms with Crippen LogP contribution in [0.25, 0.3) is 6.08 Å². The number of rotatable bonds is 6. The molecule has 0 radical (unpaired) electrons. The lowest BCUT2D eigenvalue weighted by atomic mass is 10.2. The number of nitrogens with zero attached hydrogens (tertiary/aromatic N) is 2. The summed E-state index contributed by atoms with van der Waals surface area (Å²) in [5, 5.41) is 11.6. The van der Waals surface area contributed by atoms with Gasteiger partial charge < -0.3 is 10.1 Å². The SMILES string of the molecule is O=C(/C=C/c1cn[nH]c1)NCC(c1cccs1)N1CCOCC1. The number of hydrogen-bond acceptors (Lipinski definition) is 5. The molecule has 2 N–H and O–H groups in total. The van der Waals surface area contributed by atoms with Crippen molar-refractivity contribution in [2.45, 2.75) is 6.04 Å². The van der Waals surface area contributed by atoms with Crippen LogP contribution in [-0.4, -0.2) is 53.9 Å². The predicted molar refractivity (Wildman–Crippen MR) is 90.1 cm³/mol. The fourth-order valence-corrected chi connectivity index (χ4v) is 3.42. The number of aromatic amines is 1. The Bertz CT molecular complexity index is 619. The van der Waals surface area contributed by atoms with Crippen LogP contribution in [0.15, 0.2) is 36.0 Å². The van der Waals surface area contributed by atoms with E-state index in [1.165, 1.54) is 11.0 Å². The zero-order chi connectivity index (χ0) is 15.9. The van der Waals surface area contributed by atoms with Crippen LogP contribution in [0.1, 0.15) is 16.5 Å². The first-order chi connectivity index (χ1) is 11.3. The lowest BCUT2D eigenvalue weighted by molar-refractivity contribution is -0.116. The molecule has 0 aliphatic carbocycles. The molecular weight excluding hydrogens is 312 g/mol. The van der Waals surface area contributed by atoms with Crippen molar-refractivity contribution in [2.24, 2.45) is 0 Å². The predicted octanol–water partition coefficient (Wildman–Crippen LogP) is 1.67. The molecule has 1 saturated heterocycles. The van der Waals surface area contributed by atoms with Gasteiger partial charge in [0.25, 0.3) is 0 Å². The standard InChI is InChI=1S/C16H20N4O2S/c21-16(4-3-13-10-18-19-11-13)17-12-14(15-2-1-9-23-15)20-5-7-22-8-6-20/h1-4,9-11,14H,5-8,12H2,(H,17,21)(H,18,19)/b4-3+. The van der Waals surface area contributed by atoms with Crippen LogP contribution in [0.3, 0.4) is 0 Å². The minimum atomic E-state index is -0.0963. The monoisotopic (exact) mass is 332 g/mol. The molecule has 1 aliphatic heterocycles. The van der Waals surface area contributed by atoms with Crippen LogP contribution >= 0.6 is 11.3 Å². The molecule has 3 heterocycles. The molecule has 1 unspecified atom stereocenters. The van der Waals surface area contributed by atoms with Crippen molar-refractivity contribution in [3.05, 3.63) is 46.4 Å². The number of thiophene rings is 1. The van der Waals surface area contributed by atoms with Crippen molar-refractivity contribution in [1.29, 1.82) is 0 Å². The van der Waals surface area contributed by atoms with Crippen molar-refractivity contribution < 1.29 is 9.53 Å². The molecule has 7 heteroatoms. The highest BCUT2D eigenvalue weighted by atomic mass is 32.1. The van der Waals surface area contributed by atoms with Crippen LogP contribution in [-0.2, 0) is 9.53 Å². The molecule has 0 spiro atoms. The van der Waals surface area contributed by atoms with E-state index in [2.05, 4.69) is 31.9 Å². The highest BCUT2D eigenvalue weighted by Crippen LogP contribution is 2.25. The average molecular weight is 332 g/mol. The lowest BCUT2D eigenvalue weighted by Crippen LogP contribution is -2.43. The zero-order valence-corrected chi connectivity index (χ0v) is 13.6. The Balaban J connectivity index is 1.58. The van der Waals surface area contributed by atoms with Crippen LogP contribution in [0.2, 0.25) is 0 Å². The Labute approximate surface area is 139 Å². The number of H-pyrrole nitrogens is 1. The molecule has 0 bridgehead atoms. The summed E-state index contributed by atoms with van der Waals surface area (Å²) in [6.45, 7) is 3.87. The molecule has 2 aromatic rings. The largest absolute Gasteiger partial charge is 0.379 e. The summed E-state index contributed by atoms with van der Waals surface area (Å²) < 4.78 is 5.43. The van der Waals surface area contributed by atoms with Gasteiger partial charge in [-0.1, -0.05) is 6.07 Å². The van der Waals surface area contributed by atoms with Gasteiger partial charge in [-0.25, -0.2) is 0 Å². The quantitative estimate of drug-likeness (QED) is 0.790. The minimum Gasteiger partial charge on any atom is -0.379 e. The zero-order valence-electron chi connectivity index (χ0n) is 12.8. The van der Waals surface area contributed by atoms with Crippen LogP contribution in [0.4, 0.5) is 0 Å². The minimum absolute atomic E-state index is 0.0963. The maximum Gasteiger partial charge on any atom is 0.244 e. The van der Waals surface area contributed by atoms with Gasteiger partial charge in [0, 0.05) is 42.3 Å². The summed E-state index contributed by atoms with van der Waals surface area (Å²) >= 11 is 1.72. The third-order valence-corrected chi connectivity index (χ3v) is 4.75. The van der Waals surface area contributed by atoms with E-state index in [1.54, 1.807) is 29.8 Å². The van der Waals surface area contributed by atoms with Gasteiger partial charge >= 0.3 is 0 Å². The summed E-state index contributed by atoms with van der Waals surface area (Å²) in [5.41, 5.74) is 0.878. The Morgan fingerprint density at radius 1 is 1.52 bits per heavy atom. The van der Waals surface area contributed by atoms with Crippen molar-refractivity contribution >= 4 is 23.3 Å². The number of carbonyl (C=O) groups is 1. The number of ether oxygens (including phenoxy) is 1. The van der Waals surface area contributed by atoms with Gasteiger partial charge in [-0.2, -0.15) is 5.10 Å². The summed E-state index contributed by atoms with van der Waals surface area (Å²) in [5.74, 6) is -0.0963. The topological polar surface area (TPSA) is 70.2 Å². The number of nitrogens with one attached hydrogen (secondary N) is 2. The third kappa shape index (κ3) is 4.51. The highest BCUT2D eigenvalue weighted by molar-refractivity contribution is 7.10. The first-order valence-corrected chi connectivity index (χ1v) is 8.51. The van der Waals surface area contributed by atoms with Crippen LogP contribution < -0.4 is 5.32 Å². The van der Waals surface area contributed by atoms with Crippen LogP contribution in [0.5, 0.6) is 0 Å². The molecular formula is C16H20N4O2S. The molecule has 1 amide bonds. The molecule has 6 nitrogen and oxygen atoms in total. The lowest BCUT2D eigenvalue weighted by Gasteiger charge is -2.34. The maximum absolute atomic E-state index is 12.0. The van der Waals surface area contributed by atoms with E-state index in [-0.39, 0.29) is 11.9 Å². The van der Waals surface area contributed by atoms with Gasteiger partial charge in [0.2, 0.25) is 5.91 Å². The normalized spacial score (nSPS) is 17.4. The Morgan fingerprint density at radius 3 is 3.09 bits per heavy atom. The van der Waals surface area contributed by atoms with E-state index in [0.717, 1.165) is 31.9 Å². The fourth-order valence-electron chi connectivity index (χ4n) is 2.56. The van der Waals surface area contributed by atoms with Gasteiger partial charge in [-0.3, -0.25) is 14.8 Å². The second kappa shape index (κ2) is 8.05. The van der Waals surface area contributed by atoms with Crippen molar-refractivity contribution in [1.82, 2.24) is 20.4 Å². The molecule has 1 aliphatic rings. The highest BCUT2D eigenvalue weighted by Gasteiger charge is 2.23. The first kappa shape index (κ1) is 15.9. The van der Waals surface area contributed by atoms with E-state index in [9.17, 15) is 4.79 Å². The van der Waals surface area contributed by atoms with E-state index >= 15 is 0 Å². The Kier molecular flexibility index (Phi) is 5.57. The van der Waals surface area contributed by atoms with Gasteiger partial charge in [0.05, 0.1) is 25.5 Å². The van der Waals surface area contributed by atoms with E-state index in [4.69, 9.17) is 4.74 Å². The number of carbonyl (C=O) groups excluding carboxylic acids is 1. The van der Waals surface area contributed by atoms with Crippen molar-refractivity contribution in [3.8, 4) is 0 Å². The van der Waals surface area contributed by atoms with Gasteiger partial charge in [0.15, 0.2) is 0 Å². The molecule has 2 aromatic heterocycles. The van der Waals surface area contributed by atoms with Crippen LogP contribution in [0, 0.1) is 0 Å². The fraction of sp³-hybridized carbons (Fsp3) is 0.375. The smallest absolute Gasteiger partial charge is 0.244 e. The van der Waals surface area contributed by atoms with E-state index in [0.29, 0.717) is 6.54 Å². The second-order valence-electron chi connectivity index (χ2n) is 5.29. The number of morpholine rings is 1. The summed E-state index contributed by atoms with van der Waals surface area (Å²) in [4.78, 5) is 15.7. The second-order valence-corrected chi connectivity index (χ2v) is 6.27. The number of hydrogen-bond donors (Lipinski definition) is 2. The van der Waals surface area contributed by atoms with E-state index in [1.807, 2.05) is 6.07 Å². The average Bonchev–Trinajstić information content (AvgIpc) is 3.28.